The summed E-state index contributed by atoms with van der Waals surface area (Å²) in [5.74, 6) is -0.966. The minimum absolute atomic E-state index is 0.0524. The quantitative estimate of drug-likeness (QED) is 0.330. The van der Waals surface area contributed by atoms with Gasteiger partial charge in [0.05, 0.1) is 10.6 Å². The molecule has 3 aromatic rings. The van der Waals surface area contributed by atoms with Gasteiger partial charge >= 0.3 is 0 Å². The normalized spacial score (nSPS) is 12.1. The molecule has 39 heavy (non-hydrogen) atoms. The molecule has 0 heterocycles. The number of benzene rings is 3. The van der Waals surface area contributed by atoms with Crippen molar-refractivity contribution < 1.29 is 18.0 Å². The second kappa shape index (κ2) is 12.9. The molecule has 0 saturated carbocycles. The summed E-state index contributed by atoms with van der Waals surface area (Å²) >= 11 is 12.8. The number of halogens is 2. The van der Waals surface area contributed by atoms with Gasteiger partial charge in [0.15, 0.2) is 0 Å². The van der Waals surface area contributed by atoms with Crippen molar-refractivity contribution in [1.82, 2.24) is 10.2 Å². The number of rotatable bonds is 10. The average molecular weight is 591 g/mol. The molecule has 0 saturated heterocycles. The van der Waals surface area contributed by atoms with Crippen LogP contribution in [-0.2, 0) is 26.2 Å². The number of nitrogens with zero attached hydrogens (tertiary/aromatic N) is 2. The summed E-state index contributed by atoms with van der Waals surface area (Å²) in [6, 6.07) is 15.7. The number of hydrogen-bond acceptors (Lipinski definition) is 4. The third kappa shape index (κ3) is 7.12. The number of sulfonamides is 1. The highest BCUT2D eigenvalue weighted by Crippen LogP contribution is 2.29. The molecule has 0 fully saturated rings. The van der Waals surface area contributed by atoms with Gasteiger partial charge in [-0.3, -0.25) is 13.9 Å². The van der Waals surface area contributed by atoms with Crippen molar-refractivity contribution in [1.29, 1.82) is 0 Å². The minimum atomic E-state index is -4.14. The van der Waals surface area contributed by atoms with E-state index in [1.54, 1.807) is 56.3 Å². The molecular formula is C29H33Cl2N3O4S. The second-order valence-electron chi connectivity index (χ2n) is 9.39. The summed E-state index contributed by atoms with van der Waals surface area (Å²) in [6.45, 7) is 8.77. The van der Waals surface area contributed by atoms with Crippen LogP contribution in [0.4, 0.5) is 5.69 Å². The topological polar surface area (TPSA) is 86.8 Å². The molecule has 0 bridgehead atoms. The van der Waals surface area contributed by atoms with E-state index in [1.165, 1.54) is 17.0 Å². The van der Waals surface area contributed by atoms with Crippen LogP contribution in [0.5, 0.6) is 0 Å². The van der Waals surface area contributed by atoms with Crippen molar-refractivity contribution in [2.45, 2.75) is 52.1 Å². The first-order valence-corrected chi connectivity index (χ1v) is 14.7. The Labute approximate surface area is 240 Å². The van der Waals surface area contributed by atoms with Crippen LogP contribution in [0.25, 0.3) is 0 Å². The van der Waals surface area contributed by atoms with E-state index >= 15 is 0 Å². The molecule has 0 unspecified atom stereocenters. The predicted octanol–water partition coefficient (Wildman–Crippen LogP) is 5.67. The lowest BCUT2D eigenvalue weighted by molar-refractivity contribution is -0.139. The first-order chi connectivity index (χ1) is 18.4. The third-order valence-corrected chi connectivity index (χ3v) is 9.07. The van der Waals surface area contributed by atoms with Crippen LogP contribution in [0, 0.1) is 20.8 Å². The van der Waals surface area contributed by atoms with E-state index in [0.717, 1.165) is 21.0 Å². The molecule has 3 aromatic carbocycles. The maximum absolute atomic E-state index is 13.9. The molecule has 208 valence electrons. The summed E-state index contributed by atoms with van der Waals surface area (Å²) in [7, 11) is -4.14. The Kier molecular flexibility index (Phi) is 10.0. The van der Waals surface area contributed by atoms with E-state index in [1.807, 2.05) is 26.8 Å². The Balaban J connectivity index is 2.09. The van der Waals surface area contributed by atoms with Crippen LogP contribution in [0.3, 0.4) is 0 Å². The third-order valence-electron chi connectivity index (χ3n) is 6.57. The molecule has 0 aliphatic rings. The maximum Gasteiger partial charge on any atom is 0.264 e. The van der Waals surface area contributed by atoms with Gasteiger partial charge in [0, 0.05) is 28.7 Å². The Morgan fingerprint density at radius 2 is 1.54 bits per heavy atom. The lowest BCUT2D eigenvalue weighted by Gasteiger charge is -2.32. The largest absolute Gasteiger partial charge is 0.355 e. The molecule has 0 spiro atoms. The van der Waals surface area contributed by atoms with Crippen molar-refractivity contribution in [2.24, 2.45) is 0 Å². The smallest absolute Gasteiger partial charge is 0.264 e. The molecule has 0 aliphatic heterocycles. The van der Waals surface area contributed by atoms with Gasteiger partial charge in [0.25, 0.3) is 10.0 Å². The fourth-order valence-corrected chi connectivity index (χ4v) is 5.93. The monoisotopic (exact) mass is 589 g/mol. The van der Waals surface area contributed by atoms with Crippen molar-refractivity contribution in [2.75, 3.05) is 17.4 Å². The van der Waals surface area contributed by atoms with Gasteiger partial charge in [0.2, 0.25) is 11.8 Å². The first kappa shape index (κ1) is 30.5. The van der Waals surface area contributed by atoms with Crippen LogP contribution >= 0.6 is 23.2 Å². The summed E-state index contributed by atoms with van der Waals surface area (Å²) in [5, 5.41) is 3.39. The van der Waals surface area contributed by atoms with Gasteiger partial charge in [-0.25, -0.2) is 8.42 Å². The molecule has 0 aromatic heterocycles. The van der Waals surface area contributed by atoms with Gasteiger partial charge in [-0.15, -0.1) is 0 Å². The Hall–Kier alpha value is -3.07. The zero-order chi connectivity index (χ0) is 28.9. The molecule has 3 rings (SSSR count). The molecule has 1 atom stereocenters. The van der Waals surface area contributed by atoms with Crippen LogP contribution in [0.2, 0.25) is 10.0 Å². The maximum atomic E-state index is 13.9. The molecule has 2 amide bonds. The summed E-state index contributed by atoms with van der Waals surface area (Å²) in [5.41, 5.74) is 3.57. The van der Waals surface area contributed by atoms with Crippen LogP contribution in [0.15, 0.2) is 65.6 Å². The summed E-state index contributed by atoms with van der Waals surface area (Å²) < 4.78 is 28.9. The molecule has 0 radical (unpaired) electrons. The Morgan fingerprint density at radius 3 is 2.10 bits per heavy atom. The average Bonchev–Trinajstić information content (AvgIpc) is 2.88. The number of anilines is 1. The molecule has 0 aliphatic carbocycles. The first-order valence-electron chi connectivity index (χ1n) is 12.5. The number of nitrogens with one attached hydrogen (secondary N) is 1. The van der Waals surface area contributed by atoms with E-state index in [2.05, 4.69) is 5.32 Å². The van der Waals surface area contributed by atoms with E-state index in [-0.39, 0.29) is 17.3 Å². The summed E-state index contributed by atoms with van der Waals surface area (Å²) in [4.78, 5) is 28.1. The summed E-state index contributed by atoms with van der Waals surface area (Å²) in [6.07, 6.45) is 0. The van der Waals surface area contributed by atoms with Crippen molar-refractivity contribution >= 4 is 50.7 Å². The minimum Gasteiger partial charge on any atom is -0.355 e. The Morgan fingerprint density at radius 1 is 0.923 bits per heavy atom. The van der Waals surface area contributed by atoms with Crippen LogP contribution in [0.1, 0.15) is 36.1 Å². The fraction of sp³-hybridized carbons (Fsp3) is 0.310. The van der Waals surface area contributed by atoms with Crippen LogP contribution < -0.4 is 9.62 Å². The number of hydrogen-bond donors (Lipinski definition) is 1. The standard InChI is InChI=1S/C29H33Cl2N3O4S/c1-6-32-29(36)22(5)33(17-25-26(30)8-7-9-27(25)31)28(35)18-34(23-13-12-20(3)21(4)16-23)39(37,38)24-14-10-19(2)11-15-24/h7-16,22H,6,17-18H2,1-5H3,(H,32,36)/t22-/m0/s1. The molecule has 7 nitrogen and oxygen atoms in total. The Bertz CT molecular complexity index is 1440. The highest BCUT2D eigenvalue weighted by Gasteiger charge is 2.33. The van der Waals surface area contributed by atoms with E-state index in [0.29, 0.717) is 27.8 Å². The van der Waals surface area contributed by atoms with Gasteiger partial charge < -0.3 is 10.2 Å². The number of aryl methyl sites for hydroxylation is 3. The van der Waals surface area contributed by atoms with Gasteiger partial charge in [-0.2, -0.15) is 0 Å². The fourth-order valence-electron chi connectivity index (χ4n) is 4.01. The predicted molar refractivity (Wildman–Crippen MR) is 157 cm³/mol. The van der Waals surface area contributed by atoms with Gasteiger partial charge in [0.1, 0.15) is 12.6 Å². The lowest BCUT2D eigenvalue weighted by Crippen LogP contribution is -2.51. The SMILES string of the molecule is CCNC(=O)[C@H](C)N(Cc1c(Cl)cccc1Cl)C(=O)CN(c1ccc(C)c(C)c1)S(=O)(=O)c1ccc(C)cc1. The van der Waals surface area contributed by atoms with Crippen molar-refractivity contribution in [3.8, 4) is 0 Å². The van der Waals surface area contributed by atoms with E-state index in [9.17, 15) is 18.0 Å². The zero-order valence-corrected chi connectivity index (χ0v) is 25.0. The zero-order valence-electron chi connectivity index (χ0n) is 22.7. The van der Waals surface area contributed by atoms with Crippen molar-refractivity contribution in [3.63, 3.8) is 0 Å². The lowest BCUT2D eigenvalue weighted by atomic mass is 10.1. The molecular weight excluding hydrogens is 557 g/mol. The molecule has 1 N–H and O–H groups in total. The molecule has 10 heteroatoms. The number of carbonyl (C=O) groups excluding carboxylic acids is 2. The number of carbonyl (C=O) groups is 2. The van der Waals surface area contributed by atoms with Crippen molar-refractivity contribution in [3.05, 3.63) is 93.0 Å². The van der Waals surface area contributed by atoms with E-state index < -0.39 is 28.5 Å². The highest BCUT2D eigenvalue weighted by atomic mass is 35.5. The van der Waals surface area contributed by atoms with Gasteiger partial charge in [-0.05, 0) is 82.1 Å². The number of amides is 2. The van der Waals surface area contributed by atoms with Gasteiger partial charge in [-0.1, -0.05) is 53.0 Å². The van der Waals surface area contributed by atoms with E-state index in [4.69, 9.17) is 23.2 Å². The second-order valence-corrected chi connectivity index (χ2v) is 12.1. The highest BCUT2D eigenvalue weighted by molar-refractivity contribution is 7.92. The number of likely N-dealkylation sites (N-methyl/N-ethyl adjacent to an activating group) is 1. The van der Waals surface area contributed by atoms with Crippen LogP contribution in [-0.4, -0.2) is 44.3 Å².